The van der Waals surface area contributed by atoms with Gasteiger partial charge < -0.3 is 4.90 Å². The number of nitrogens with zero attached hydrogens (tertiary/aromatic N) is 7. The maximum atomic E-state index is 13.0. The summed E-state index contributed by atoms with van der Waals surface area (Å²) in [5.74, 6) is 1.63. The lowest BCUT2D eigenvalue weighted by Gasteiger charge is -2.55. The van der Waals surface area contributed by atoms with Crippen molar-refractivity contribution in [3.8, 4) is 0 Å². The van der Waals surface area contributed by atoms with Crippen LogP contribution in [0.2, 0.25) is 0 Å². The highest BCUT2D eigenvalue weighted by Crippen LogP contribution is 2.64. The van der Waals surface area contributed by atoms with Gasteiger partial charge in [0.15, 0.2) is 5.65 Å². The van der Waals surface area contributed by atoms with E-state index in [-0.39, 0.29) is 47.5 Å². The molecule has 0 N–H and O–H groups in total. The van der Waals surface area contributed by atoms with Crippen LogP contribution in [0.25, 0.3) is 11.2 Å². The van der Waals surface area contributed by atoms with Crippen LogP contribution in [0.5, 0.6) is 0 Å². The van der Waals surface area contributed by atoms with Gasteiger partial charge >= 0.3 is 6.18 Å². The van der Waals surface area contributed by atoms with Crippen molar-refractivity contribution in [3.63, 3.8) is 0 Å². The molecule has 2 saturated heterocycles. The Hall–Kier alpha value is -3.38. The lowest BCUT2D eigenvalue weighted by molar-refractivity contribution is -0.137. The maximum Gasteiger partial charge on any atom is 0.417 e. The van der Waals surface area contributed by atoms with Crippen LogP contribution in [0, 0.1) is 23.7 Å². The van der Waals surface area contributed by atoms with Crippen LogP contribution in [0.3, 0.4) is 0 Å². The second-order valence-corrected chi connectivity index (χ2v) is 10.1. The molecule has 2 bridgehead atoms. The topological polar surface area (TPSA) is 80.0 Å². The van der Waals surface area contributed by atoms with Gasteiger partial charge in [0, 0.05) is 31.2 Å². The number of amides is 1. The minimum atomic E-state index is -4.48. The van der Waals surface area contributed by atoms with E-state index in [0.717, 1.165) is 23.4 Å². The van der Waals surface area contributed by atoms with E-state index in [9.17, 15) is 26.7 Å². The largest absolute Gasteiger partial charge is 0.417 e. The zero-order valence-corrected chi connectivity index (χ0v) is 18.7. The number of carbonyl (C=O) groups is 1. The number of anilines is 2. The molecular weight excluding hydrogens is 485 g/mol. The van der Waals surface area contributed by atoms with E-state index in [4.69, 9.17) is 0 Å². The van der Waals surface area contributed by atoms with Gasteiger partial charge in [-0.25, -0.2) is 28.4 Å². The Balaban J connectivity index is 1.14. The lowest BCUT2D eigenvalue weighted by atomic mass is 9.58. The summed E-state index contributed by atoms with van der Waals surface area (Å²) in [6, 6.07) is 2.33. The third-order valence-corrected chi connectivity index (χ3v) is 8.37. The molecule has 13 heteroatoms. The molecule has 3 aromatic heterocycles. The lowest BCUT2D eigenvalue weighted by Crippen LogP contribution is -2.62. The van der Waals surface area contributed by atoms with Crippen molar-refractivity contribution in [1.82, 2.24) is 24.7 Å². The molecule has 0 spiro atoms. The molecule has 2 saturated carbocycles. The van der Waals surface area contributed by atoms with Gasteiger partial charge in [-0.3, -0.25) is 9.69 Å². The van der Waals surface area contributed by atoms with Gasteiger partial charge in [-0.1, -0.05) is 0 Å². The van der Waals surface area contributed by atoms with Gasteiger partial charge in [-0.15, -0.1) is 0 Å². The Morgan fingerprint density at radius 3 is 2.61 bits per heavy atom. The molecule has 0 aromatic carbocycles. The highest BCUT2D eigenvalue weighted by molar-refractivity contribution is 5.96. The maximum absolute atomic E-state index is 13.0. The molecule has 4 unspecified atom stereocenters. The Labute approximate surface area is 201 Å². The highest BCUT2D eigenvalue weighted by atomic mass is 19.4. The van der Waals surface area contributed by atoms with Crippen LogP contribution in [-0.4, -0.2) is 55.7 Å². The van der Waals surface area contributed by atoms with Crippen molar-refractivity contribution in [2.75, 3.05) is 16.3 Å². The van der Waals surface area contributed by atoms with E-state index in [1.165, 1.54) is 12.3 Å². The minimum absolute atomic E-state index is 0.0649. The predicted octanol–water partition coefficient (Wildman–Crippen LogP) is 3.38. The number of fused-ring (bicyclic) bond motifs is 9. The van der Waals surface area contributed by atoms with Crippen molar-refractivity contribution >= 4 is 28.7 Å². The molecule has 3 aromatic rings. The summed E-state index contributed by atoms with van der Waals surface area (Å²) in [5, 5.41) is 3.98. The fraction of sp³-hybridized carbons (Fsp3) is 0.522. The van der Waals surface area contributed by atoms with E-state index in [1.807, 2.05) is 0 Å². The van der Waals surface area contributed by atoms with Crippen LogP contribution >= 0.6 is 0 Å². The molecule has 5 heterocycles. The molecule has 188 valence electrons. The number of alkyl halides is 5. The molecule has 7 rings (SSSR count). The van der Waals surface area contributed by atoms with E-state index < -0.39 is 24.7 Å². The standard InChI is InChI=1S/C23H20F5N7O/c24-15(25)9-34-22-13(6-31-34)29-7-17(32-22)33-8-10-3-14(33)20-12-4-18(36)35(21(12)19(10)20)16-2-1-11(5-30-16)23(26,27)28/h1-2,5-7,10,12,14-15,19-21H,3-4,8-9H2/t10?,12-,14?,19+,20?,21?/m0/s1. The van der Waals surface area contributed by atoms with Crippen LogP contribution in [0.15, 0.2) is 30.7 Å². The Kier molecular flexibility index (Phi) is 4.45. The van der Waals surface area contributed by atoms with Gasteiger partial charge in [-0.2, -0.15) is 18.3 Å². The Morgan fingerprint density at radius 1 is 1.06 bits per heavy atom. The summed E-state index contributed by atoms with van der Waals surface area (Å²) >= 11 is 0. The fourth-order valence-electron chi connectivity index (χ4n) is 7.13. The van der Waals surface area contributed by atoms with Crippen molar-refractivity contribution < 1.29 is 26.7 Å². The summed E-state index contributed by atoms with van der Waals surface area (Å²) in [5.41, 5.74) is -0.0786. The van der Waals surface area contributed by atoms with Crippen LogP contribution in [-0.2, 0) is 17.5 Å². The van der Waals surface area contributed by atoms with E-state index in [0.29, 0.717) is 29.9 Å². The minimum Gasteiger partial charge on any atom is -0.352 e. The summed E-state index contributed by atoms with van der Waals surface area (Å²) in [6.45, 7) is 0.138. The third-order valence-electron chi connectivity index (χ3n) is 8.37. The number of aromatic nitrogens is 5. The van der Waals surface area contributed by atoms with Gasteiger partial charge in [0.25, 0.3) is 6.43 Å². The first-order chi connectivity index (χ1) is 17.2. The summed E-state index contributed by atoms with van der Waals surface area (Å²) in [6.07, 6.45) is -1.95. The predicted molar refractivity (Wildman–Crippen MR) is 116 cm³/mol. The number of hydrogen-bond acceptors (Lipinski definition) is 6. The second-order valence-electron chi connectivity index (χ2n) is 10.1. The Bertz CT molecular complexity index is 1360. The molecule has 0 radical (unpaired) electrons. The summed E-state index contributed by atoms with van der Waals surface area (Å²) < 4.78 is 65.9. The molecule has 6 atom stereocenters. The monoisotopic (exact) mass is 505 g/mol. The first kappa shape index (κ1) is 21.9. The first-order valence-electron chi connectivity index (χ1n) is 11.8. The molecule has 1 amide bonds. The average Bonchev–Trinajstić information content (AvgIpc) is 3.56. The third kappa shape index (κ3) is 3.00. The van der Waals surface area contributed by atoms with Crippen LogP contribution in [0.4, 0.5) is 33.6 Å². The zero-order valence-electron chi connectivity index (χ0n) is 18.7. The molecule has 2 aliphatic carbocycles. The molecule has 4 aliphatic rings. The number of hydrogen-bond donors (Lipinski definition) is 0. The first-order valence-corrected chi connectivity index (χ1v) is 11.8. The van der Waals surface area contributed by atoms with Crippen LogP contribution in [0.1, 0.15) is 18.4 Å². The Morgan fingerprint density at radius 2 is 1.89 bits per heavy atom. The van der Waals surface area contributed by atoms with Gasteiger partial charge in [0.1, 0.15) is 23.7 Å². The highest BCUT2D eigenvalue weighted by Gasteiger charge is 2.70. The van der Waals surface area contributed by atoms with E-state index in [2.05, 4.69) is 25.0 Å². The van der Waals surface area contributed by atoms with Gasteiger partial charge in [0.05, 0.1) is 18.0 Å². The van der Waals surface area contributed by atoms with Crippen LogP contribution < -0.4 is 9.80 Å². The summed E-state index contributed by atoms with van der Waals surface area (Å²) in [4.78, 5) is 29.7. The quantitative estimate of drug-likeness (QED) is 0.506. The number of carbonyl (C=O) groups excluding carboxylic acids is 1. The average molecular weight is 505 g/mol. The molecule has 2 aliphatic heterocycles. The molecule has 4 fully saturated rings. The van der Waals surface area contributed by atoms with Gasteiger partial charge in [0.2, 0.25) is 5.91 Å². The smallest absolute Gasteiger partial charge is 0.352 e. The number of rotatable bonds is 4. The van der Waals surface area contributed by atoms with E-state index >= 15 is 0 Å². The summed E-state index contributed by atoms with van der Waals surface area (Å²) in [7, 11) is 0. The number of piperidine rings is 1. The molecule has 36 heavy (non-hydrogen) atoms. The van der Waals surface area contributed by atoms with Crippen molar-refractivity contribution in [1.29, 1.82) is 0 Å². The number of halogens is 5. The molecular formula is C23H20F5N7O. The van der Waals surface area contributed by atoms with E-state index in [1.54, 1.807) is 11.1 Å². The number of pyridine rings is 1. The second kappa shape index (κ2) is 7.32. The van der Waals surface area contributed by atoms with Crippen molar-refractivity contribution in [3.05, 3.63) is 36.3 Å². The van der Waals surface area contributed by atoms with Gasteiger partial charge in [-0.05, 0) is 42.2 Å². The fourth-order valence-corrected chi connectivity index (χ4v) is 7.13. The van der Waals surface area contributed by atoms with Crippen molar-refractivity contribution in [2.24, 2.45) is 23.7 Å². The zero-order chi connectivity index (χ0) is 24.9. The SMILES string of the molecule is O=C1C[C@H]2C3C4CC(CN4c4cnc5cnn(CC(F)F)c5n4)[C@H]3C2N1c1ccc(C(F)(F)F)cn1. The normalized spacial score (nSPS) is 30.9. The molecule has 8 nitrogen and oxygen atoms in total. The van der Waals surface area contributed by atoms with Crippen molar-refractivity contribution in [2.45, 2.75) is 44.1 Å².